The van der Waals surface area contributed by atoms with Gasteiger partial charge in [-0.1, -0.05) is 12.8 Å². The molecule has 0 aliphatic carbocycles. The van der Waals surface area contributed by atoms with Crippen LogP contribution in [0.3, 0.4) is 0 Å². The van der Waals surface area contributed by atoms with Crippen molar-refractivity contribution >= 4 is 17.2 Å². The van der Waals surface area contributed by atoms with Crippen LogP contribution in [-0.2, 0) is 11.3 Å². The van der Waals surface area contributed by atoms with Crippen LogP contribution < -0.4 is 5.32 Å². The van der Waals surface area contributed by atoms with Gasteiger partial charge in [0.15, 0.2) is 0 Å². The van der Waals surface area contributed by atoms with Gasteiger partial charge in [0, 0.05) is 30.7 Å². The minimum atomic E-state index is -0.106. The van der Waals surface area contributed by atoms with Crippen molar-refractivity contribution in [1.29, 1.82) is 0 Å². The molecule has 1 atom stereocenters. The Morgan fingerprint density at radius 2 is 2.17 bits per heavy atom. The lowest BCUT2D eigenvalue weighted by molar-refractivity contribution is -0.133. The largest absolute Gasteiger partial charge is 0.341 e. The van der Waals surface area contributed by atoms with E-state index in [9.17, 15) is 4.79 Å². The maximum absolute atomic E-state index is 12.3. The molecule has 0 spiro atoms. The van der Waals surface area contributed by atoms with Crippen LogP contribution in [0.1, 0.15) is 37.5 Å². The molecule has 1 aromatic heterocycles. The maximum atomic E-state index is 12.3. The number of hydrogen-bond acceptors (Lipinski definition) is 4. The van der Waals surface area contributed by atoms with E-state index in [2.05, 4.69) is 10.3 Å². The molecule has 2 heterocycles. The zero-order valence-corrected chi connectivity index (χ0v) is 11.7. The number of hydrogen-bond donors (Lipinski definition) is 1. The molecule has 0 aromatic carbocycles. The second kappa shape index (κ2) is 6.85. The Kier molecular flexibility index (Phi) is 5.13. The highest BCUT2D eigenvalue weighted by Crippen LogP contribution is 2.11. The van der Waals surface area contributed by atoms with Gasteiger partial charge in [-0.3, -0.25) is 9.78 Å². The second-order valence-corrected chi connectivity index (χ2v) is 5.78. The predicted molar refractivity (Wildman–Crippen MR) is 73.5 cm³/mol. The van der Waals surface area contributed by atoms with E-state index in [0.717, 1.165) is 32.5 Å². The first-order valence-electron chi connectivity index (χ1n) is 6.67. The van der Waals surface area contributed by atoms with Crippen LogP contribution in [-0.4, -0.2) is 34.9 Å². The number of carbonyl (C=O) groups is 1. The fraction of sp³-hybridized carbons (Fsp3) is 0.692. The lowest BCUT2D eigenvalue weighted by atomic mass is 10.2. The molecule has 1 unspecified atom stereocenters. The zero-order valence-electron chi connectivity index (χ0n) is 10.9. The molecule has 5 heteroatoms. The van der Waals surface area contributed by atoms with Gasteiger partial charge >= 0.3 is 0 Å². The number of carbonyl (C=O) groups excluding carboxylic acids is 1. The predicted octanol–water partition coefficient (Wildman–Crippen LogP) is 2.02. The van der Waals surface area contributed by atoms with Crippen molar-refractivity contribution in [3.63, 3.8) is 0 Å². The molecule has 1 aliphatic heterocycles. The van der Waals surface area contributed by atoms with E-state index in [1.165, 1.54) is 17.7 Å². The van der Waals surface area contributed by atoms with E-state index in [-0.39, 0.29) is 11.9 Å². The minimum absolute atomic E-state index is 0.106. The number of nitrogens with one attached hydrogen (secondary N) is 1. The van der Waals surface area contributed by atoms with Crippen LogP contribution in [0.5, 0.6) is 0 Å². The fourth-order valence-corrected chi connectivity index (χ4v) is 2.78. The van der Waals surface area contributed by atoms with Crippen molar-refractivity contribution in [2.24, 2.45) is 0 Å². The molecule has 1 fully saturated rings. The standard InChI is InChI=1S/C13H21N3OS/c1-11(15-9-12-8-14-10-18-12)13(17)16-6-4-2-3-5-7-16/h8,10-11,15H,2-7,9H2,1H3. The molecular formula is C13H21N3OS. The Bertz CT molecular complexity index is 358. The van der Waals surface area contributed by atoms with Crippen molar-refractivity contribution in [1.82, 2.24) is 15.2 Å². The number of thiazole rings is 1. The second-order valence-electron chi connectivity index (χ2n) is 4.81. The van der Waals surface area contributed by atoms with E-state index in [1.54, 1.807) is 11.3 Å². The summed E-state index contributed by atoms with van der Waals surface area (Å²) in [5.41, 5.74) is 1.82. The molecule has 1 saturated heterocycles. The Morgan fingerprint density at radius 1 is 1.44 bits per heavy atom. The van der Waals surface area contributed by atoms with Gasteiger partial charge in [-0.25, -0.2) is 0 Å². The Labute approximate surface area is 112 Å². The molecule has 0 bridgehead atoms. The van der Waals surface area contributed by atoms with Gasteiger partial charge in [0.05, 0.1) is 11.6 Å². The van der Waals surface area contributed by atoms with E-state index in [4.69, 9.17) is 0 Å². The summed E-state index contributed by atoms with van der Waals surface area (Å²) in [6.45, 7) is 4.52. The Hall–Kier alpha value is -0.940. The van der Waals surface area contributed by atoms with E-state index in [0.29, 0.717) is 0 Å². The first-order valence-corrected chi connectivity index (χ1v) is 7.55. The maximum Gasteiger partial charge on any atom is 0.239 e. The third-order valence-electron chi connectivity index (χ3n) is 3.35. The number of nitrogens with zero attached hydrogens (tertiary/aromatic N) is 2. The Morgan fingerprint density at radius 3 is 2.78 bits per heavy atom. The summed E-state index contributed by atoms with van der Waals surface area (Å²) in [5.74, 6) is 0.237. The average Bonchev–Trinajstić information content (AvgIpc) is 2.75. The van der Waals surface area contributed by atoms with Gasteiger partial charge in [-0.05, 0) is 19.8 Å². The summed E-state index contributed by atoms with van der Waals surface area (Å²) in [7, 11) is 0. The van der Waals surface area contributed by atoms with Crippen LogP contribution >= 0.6 is 11.3 Å². The molecular weight excluding hydrogens is 246 g/mol. The van der Waals surface area contributed by atoms with Gasteiger partial charge in [-0.2, -0.15) is 0 Å². The normalized spacial score (nSPS) is 18.4. The highest BCUT2D eigenvalue weighted by molar-refractivity contribution is 7.09. The lowest BCUT2D eigenvalue weighted by Gasteiger charge is -2.24. The summed E-state index contributed by atoms with van der Waals surface area (Å²) in [6, 6.07) is -0.106. The minimum Gasteiger partial charge on any atom is -0.341 e. The van der Waals surface area contributed by atoms with Gasteiger partial charge in [0.1, 0.15) is 0 Å². The number of rotatable bonds is 4. The topological polar surface area (TPSA) is 45.2 Å². The number of aromatic nitrogens is 1. The summed E-state index contributed by atoms with van der Waals surface area (Å²) in [5, 5.41) is 3.28. The highest BCUT2D eigenvalue weighted by atomic mass is 32.1. The molecule has 18 heavy (non-hydrogen) atoms. The van der Waals surface area contributed by atoms with Crippen LogP contribution in [0, 0.1) is 0 Å². The fourth-order valence-electron chi connectivity index (χ4n) is 2.24. The average molecular weight is 267 g/mol. The van der Waals surface area contributed by atoms with Gasteiger partial charge in [-0.15, -0.1) is 11.3 Å². The summed E-state index contributed by atoms with van der Waals surface area (Å²) >= 11 is 1.62. The summed E-state index contributed by atoms with van der Waals surface area (Å²) in [4.78, 5) is 19.5. The van der Waals surface area contributed by atoms with E-state index in [1.807, 2.05) is 23.5 Å². The third kappa shape index (κ3) is 3.78. The Balaban J connectivity index is 1.79. The summed E-state index contributed by atoms with van der Waals surface area (Å²) < 4.78 is 0. The molecule has 2 rings (SSSR count). The van der Waals surface area contributed by atoms with Gasteiger partial charge < -0.3 is 10.2 Å². The van der Waals surface area contributed by atoms with Crippen molar-refractivity contribution < 1.29 is 4.79 Å². The quantitative estimate of drug-likeness (QED) is 0.908. The molecule has 0 saturated carbocycles. The number of likely N-dealkylation sites (tertiary alicyclic amines) is 1. The monoisotopic (exact) mass is 267 g/mol. The first kappa shape index (κ1) is 13.5. The van der Waals surface area contributed by atoms with Gasteiger partial charge in [0.25, 0.3) is 0 Å². The molecule has 1 amide bonds. The molecule has 0 radical (unpaired) electrons. The summed E-state index contributed by atoms with van der Waals surface area (Å²) in [6.07, 6.45) is 6.65. The van der Waals surface area contributed by atoms with Crippen LogP contribution in [0.2, 0.25) is 0 Å². The highest BCUT2D eigenvalue weighted by Gasteiger charge is 2.20. The van der Waals surface area contributed by atoms with Crippen molar-refractivity contribution in [3.05, 3.63) is 16.6 Å². The van der Waals surface area contributed by atoms with E-state index < -0.39 is 0 Å². The van der Waals surface area contributed by atoms with Crippen LogP contribution in [0.25, 0.3) is 0 Å². The third-order valence-corrected chi connectivity index (χ3v) is 4.13. The number of amides is 1. The molecule has 1 N–H and O–H groups in total. The molecule has 4 nitrogen and oxygen atoms in total. The lowest BCUT2D eigenvalue weighted by Crippen LogP contribution is -2.44. The molecule has 1 aromatic rings. The van der Waals surface area contributed by atoms with Crippen LogP contribution in [0.15, 0.2) is 11.7 Å². The van der Waals surface area contributed by atoms with Crippen molar-refractivity contribution in [2.45, 2.75) is 45.2 Å². The van der Waals surface area contributed by atoms with Gasteiger partial charge in [0.2, 0.25) is 5.91 Å². The molecule has 100 valence electrons. The zero-order chi connectivity index (χ0) is 12.8. The van der Waals surface area contributed by atoms with Crippen LogP contribution in [0.4, 0.5) is 0 Å². The molecule has 1 aliphatic rings. The first-order chi connectivity index (χ1) is 8.77. The SMILES string of the molecule is CC(NCc1cncs1)C(=O)N1CCCCCC1. The van der Waals surface area contributed by atoms with Crippen molar-refractivity contribution in [3.8, 4) is 0 Å². The van der Waals surface area contributed by atoms with Crippen molar-refractivity contribution in [2.75, 3.05) is 13.1 Å². The van der Waals surface area contributed by atoms with E-state index >= 15 is 0 Å². The smallest absolute Gasteiger partial charge is 0.239 e.